The molecule has 9 nitrogen and oxygen atoms in total. The lowest BCUT2D eigenvalue weighted by molar-refractivity contribution is -0.136. The van der Waals surface area contributed by atoms with Crippen molar-refractivity contribution in [3.63, 3.8) is 0 Å². The molecule has 1 saturated heterocycles. The molecule has 1 N–H and O–H groups in total. The summed E-state index contributed by atoms with van der Waals surface area (Å²) < 4.78 is 53.2. The number of likely N-dealkylation sites (tertiary alicyclic amines) is 1. The number of oxazole rings is 1. The summed E-state index contributed by atoms with van der Waals surface area (Å²) in [6, 6.07) is 2.05. The average molecular weight is 497 g/mol. The Morgan fingerprint density at radius 2 is 1.94 bits per heavy atom. The minimum Gasteiger partial charge on any atom is -0.492 e. The van der Waals surface area contributed by atoms with Crippen LogP contribution < -0.4 is 5.76 Å². The van der Waals surface area contributed by atoms with E-state index in [1.165, 1.54) is 29.7 Å². The molecule has 178 valence electrons. The molecule has 0 aliphatic carbocycles. The van der Waals surface area contributed by atoms with E-state index >= 15 is 0 Å². The first-order valence-corrected chi connectivity index (χ1v) is 10.5. The first kappa shape index (κ1) is 22.1. The molecular formula is C21H16ClF3N4O5. The molecule has 0 radical (unpaired) electrons. The van der Waals surface area contributed by atoms with Gasteiger partial charge in [0.2, 0.25) is 5.88 Å². The van der Waals surface area contributed by atoms with Crippen molar-refractivity contribution in [3.8, 4) is 17.0 Å². The van der Waals surface area contributed by atoms with E-state index in [1.807, 2.05) is 0 Å². The Morgan fingerprint density at radius 1 is 1.21 bits per heavy atom. The molecule has 1 aliphatic rings. The summed E-state index contributed by atoms with van der Waals surface area (Å²) in [5, 5.41) is 9.55. The zero-order chi connectivity index (χ0) is 24.2. The number of imidazole rings is 1. The zero-order valence-electron chi connectivity index (χ0n) is 17.3. The van der Waals surface area contributed by atoms with Crippen molar-refractivity contribution in [2.75, 3.05) is 13.1 Å². The molecule has 0 saturated carbocycles. The summed E-state index contributed by atoms with van der Waals surface area (Å²) in [7, 11) is 0. The number of piperidine rings is 1. The number of alkyl halides is 3. The topological polar surface area (TPSA) is 106 Å². The fourth-order valence-corrected chi connectivity index (χ4v) is 4.42. The molecule has 4 aromatic heterocycles. The van der Waals surface area contributed by atoms with Crippen LogP contribution in [0.15, 0.2) is 50.7 Å². The van der Waals surface area contributed by atoms with Crippen molar-refractivity contribution in [2.24, 2.45) is 0 Å². The number of aromatic hydroxyl groups is 1. The highest BCUT2D eigenvalue weighted by molar-refractivity contribution is 6.33. The van der Waals surface area contributed by atoms with E-state index in [4.69, 9.17) is 16.0 Å². The fourth-order valence-electron chi connectivity index (χ4n) is 4.17. The van der Waals surface area contributed by atoms with Crippen LogP contribution in [0.25, 0.3) is 16.8 Å². The second-order valence-corrected chi connectivity index (χ2v) is 8.21. The molecule has 5 heterocycles. The van der Waals surface area contributed by atoms with Crippen LogP contribution in [0.3, 0.4) is 0 Å². The lowest BCUT2D eigenvalue weighted by Crippen LogP contribution is -2.40. The first-order chi connectivity index (χ1) is 16.1. The molecule has 5 rings (SSSR count). The van der Waals surface area contributed by atoms with Crippen LogP contribution in [0.1, 0.15) is 34.9 Å². The third-order valence-corrected chi connectivity index (χ3v) is 6.21. The van der Waals surface area contributed by atoms with Crippen LogP contribution in [-0.2, 0) is 6.18 Å². The van der Waals surface area contributed by atoms with E-state index in [0.717, 1.165) is 21.3 Å². The largest absolute Gasteiger partial charge is 0.492 e. The van der Waals surface area contributed by atoms with E-state index in [-0.39, 0.29) is 41.4 Å². The number of pyridine rings is 1. The average Bonchev–Trinajstić information content (AvgIpc) is 3.52. The van der Waals surface area contributed by atoms with Crippen LogP contribution in [0.5, 0.6) is 5.88 Å². The highest BCUT2D eigenvalue weighted by Crippen LogP contribution is 2.37. The Balaban J connectivity index is 1.48. The van der Waals surface area contributed by atoms with Gasteiger partial charge in [0.25, 0.3) is 5.91 Å². The molecule has 0 spiro atoms. The van der Waals surface area contributed by atoms with Crippen LogP contribution in [0.4, 0.5) is 13.2 Å². The van der Waals surface area contributed by atoms with Crippen molar-refractivity contribution >= 4 is 23.2 Å². The van der Waals surface area contributed by atoms with E-state index in [2.05, 4.69) is 9.40 Å². The number of hydrogen-bond donors (Lipinski definition) is 1. The van der Waals surface area contributed by atoms with Gasteiger partial charge in [0.15, 0.2) is 17.6 Å². The number of carbonyl (C=O) groups excluding carboxylic acids is 1. The number of amides is 1. The fraction of sp³-hybridized carbons (Fsp3) is 0.286. The van der Waals surface area contributed by atoms with Gasteiger partial charge in [-0.2, -0.15) is 13.2 Å². The van der Waals surface area contributed by atoms with Crippen molar-refractivity contribution in [1.82, 2.24) is 18.9 Å². The van der Waals surface area contributed by atoms with E-state index < -0.39 is 29.1 Å². The maximum Gasteiger partial charge on any atom is 0.422 e. The first-order valence-electron chi connectivity index (χ1n) is 10.1. The molecule has 4 aromatic rings. The SMILES string of the molecule is O=C(c1nc2c(C(F)(F)F)cc(-c3ccoc3)cn2c1Cl)N1CCC(n2c(O)coc2=O)CC1. The zero-order valence-corrected chi connectivity index (χ0v) is 18.0. The minimum atomic E-state index is -4.74. The van der Waals surface area contributed by atoms with Crippen molar-refractivity contribution in [1.29, 1.82) is 0 Å². The Kier molecular flexibility index (Phi) is 5.19. The maximum absolute atomic E-state index is 13.8. The Bertz CT molecular complexity index is 1430. The molecule has 0 bridgehead atoms. The lowest BCUT2D eigenvalue weighted by Gasteiger charge is -2.31. The molecule has 34 heavy (non-hydrogen) atoms. The third-order valence-electron chi connectivity index (χ3n) is 5.85. The Morgan fingerprint density at radius 3 is 2.53 bits per heavy atom. The van der Waals surface area contributed by atoms with Crippen LogP contribution in [0.2, 0.25) is 5.15 Å². The summed E-state index contributed by atoms with van der Waals surface area (Å²) in [5.41, 5.74) is -1.24. The second kappa shape index (κ2) is 7.97. The van der Waals surface area contributed by atoms with E-state index in [1.54, 1.807) is 0 Å². The molecule has 1 amide bonds. The predicted molar refractivity (Wildman–Crippen MR) is 112 cm³/mol. The highest BCUT2D eigenvalue weighted by Gasteiger charge is 2.37. The number of rotatable bonds is 3. The van der Waals surface area contributed by atoms with Crippen LogP contribution >= 0.6 is 11.6 Å². The highest BCUT2D eigenvalue weighted by atomic mass is 35.5. The van der Waals surface area contributed by atoms with Gasteiger partial charge in [-0.1, -0.05) is 11.6 Å². The number of carbonyl (C=O) groups is 1. The van der Waals surface area contributed by atoms with Crippen LogP contribution in [-0.4, -0.2) is 43.0 Å². The number of fused-ring (bicyclic) bond motifs is 1. The monoisotopic (exact) mass is 496 g/mol. The summed E-state index contributed by atoms with van der Waals surface area (Å²) in [6.45, 7) is 0.355. The number of halogens is 4. The Hall–Kier alpha value is -3.67. The maximum atomic E-state index is 13.8. The number of nitrogens with zero attached hydrogens (tertiary/aromatic N) is 4. The molecular weight excluding hydrogens is 481 g/mol. The number of aromatic nitrogens is 3. The normalized spacial score (nSPS) is 15.4. The summed E-state index contributed by atoms with van der Waals surface area (Å²) in [6.07, 6.45) is 0.830. The molecule has 0 aromatic carbocycles. The van der Waals surface area contributed by atoms with Gasteiger partial charge >= 0.3 is 11.9 Å². The predicted octanol–water partition coefficient (Wildman–Crippen LogP) is 4.20. The quantitative estimate of drug-likeness (QED) is 0.455. The van der Waals surface area contributed by atoms with Crippen molar-refractivity contribution in [2.45, 2.75) is 25.1 Å². The molecule has 0 atom stereocenters. The molecule has 1 aliphatic heterocycles. The number of furan rings is 1. The standard InChI is InChI=1S/C21H16ClF3N4O5/c22-17-16(19(31)27-4-1-13(2-5-27)29-15(30)10-34-20(29)32)26-18-14(21(23,24)25)7-12(8-28(17)18)11-3-6-33-9-11/h3,6-10,13,30H,1-2,4-5H2. The van der Waals surface area contributed by atoms with E-state index in [0.29, 0.717) is 18.4 Å². The Labute approximate surface area is 193 Å². The van der Waals surface area contributed by atoms with Gasteiger partial charge in [-0.05, 0) is 25.0 Å². The van der Waals surface area contributed by atoms with Gasteiger partial charge in [0.1, 0.15) is 5.15 Å². The molecule has 1 fully saturated rings. The smallest absolute Gasteiger partial charge is 0.422 e. The van der Waals surface area contributed by atoms with Crippen LogP contribution in [0, 0.1) is 0 Å². The van der Waals surface area contributed by atoms with Gasteiger partial charge in [-0.3, -0.25) is 9.20 Å². The van der Waals surface area contributed by atoms with Gasteiger partial charge in [-0.15, -0.1) is 0 Å². The summed E-state index contributed by atoms with van der Waals surface area (Å²) in [5.74, 6) is -1.65. The van der Waals surface area contributed by atoms with Crippen molar-refractivity contribution in [3.05, 3.63) is 64.1 Å². The second-order valence-electron chi connectivity index (χ2n) is 7.85. The minimum absolute atomic E-state index is 0.178. The van der Waals surface area contributed by atoms with Gasteiger partial charge in [0, 0.05) is 36.5 Å². The van der Waals surface area contributed by atoms with E-state index in [9.17, 15) is 27.9 Å². The molecule has 0 unspecified atom stereocenters. The van der Waals surface area contributed by atoms with Gasteiger partial charge in [-0.25, -0.2) is 14.3 Å². The molecule has 13 heteroatoms. The van der Waals surface area contributed by atoms with Crippen molar-refractivity contribution < 1.29 is 31.9 Å². The summed E-state index contributed by atoms with van der Waals surface area (Å²) in [4.78, 5) is 30.3. The van der Waals surface area contributed by atoms with Gasteiger partial charge in [0.05, 0.1) is 18.1 Å². The number of hydrogen-bond acceptors (Lipinski definition) is 6. The lowest BCUT2D eigenvalue weighted by atomic mass is 10.0. The van der Waals surface area contributed by atoms with Gasteiger partial charge < -0.3 is 18.8 Å². The third kappa shape index (κ3) is 3.63. The summed E-state index contributed by atoms with van der Waals surface area (Å²) >= 11 is 6.35.